The third kappa shape index (κ3) is 2.69. The van der Waals surface area contributed by atoms with Gasteiger partial charge < -0.3 is 5.11 Å². The standard InChI is InChI=1S/C15H25NO3/c1-2-12(7-10-17)16-13(18)11-15(14(16)19)8-5-3-4-6-9-15/h12,17H,2-11H2,1H3. The Labute approximate surface area is 115 Å². The van der Waals surface area contributed by atoms with Crippen LogP contribution in [0.5, 0.6) is 0 Å². The van der Waals surface area contributed by atoms with Crippen molar-refractivity contribution in [3.63, 3.8) is 0 Å². The number of likely N-dealkylation sites (tertiary alicyclic amines) is 1. The van der Waals surface area contributed by atoms with Crippen LogP contribution in [-0.4, -0.2) is 34.5 Å². The summed E-state index contributed by atoms with van der Waals surface area (Å²) in [5, 5.41) is 9.10. The van der Waals surface area contributed by atoms with Gasteiger partial charge in [-0.05, 0) is 25.7 Å². The highest BCUT2D eigenvalue weighted by Gasteiger charge is 2.52. The zero-order valence-corrected chi connectivity index (χ0v) is 11.9. The summed E-state index contributed by atoms with van der Waals surface area (Å²) in [6.07, 6.45) is 7.83. The molecule has 0 bridgehead atoms. The molecule has 0 aromatic carbocycles. The molecule has 1 aliphatic carbocycles. The molecule has 1 aliphatic heterocycles. The summed E-state index contributed by atoms with van der Waals surface area (Å²) >= 11 is 0. The number of hydrogen-bond donors (Lipinski definition) is 1. The number of rotatable bonds is 4. The van der Waals surface area contributed by atoms with Gasteiger partial charge in [-0.3, -0.25) is 14.5 Å². The predicted octanol–water partition coefficient (Wildman–Crippen LogP) is 2.25. The van der Waals surface area contributed by atoms with Crippen molar-refractivity contribution in [3.8, 4) is 0 Å². The molecule has 1 unspecified atom stereocenters. The van der Waals surface area contributed by atoms with E-state index in [0.29, 0.717) is 12.8 Å². The summed E-state index contributed by atoms with van der Waals surface area (Å²) in [5.41, 5.74) is -0.406. The highest BCUT2D eigenvalue weighted by atomic mass is 16.3. The van der Waals surface area contributed by atoms with E-state index in [1.165, 1.54) is 17.7 Å². The lowest BCUT2D eigenvalue weighted by atomic mass is 9.79. The summed E-state index contributed by atoms with van der Waals surface area (Å²) in [6.45, 7) is 2.00. The van der Waals surface area contributed by atoms with E-state index in [4.69, 9.17) is 5.11 Å². The van der Waals surface area contributed by atoms with E-state index in [2.05, 4.69) is 0 Å². The number of carbonyl (C=O) groups is 2. The van der Waals surface area contributed by atoms with Gasteiger partial charge in [0.15, 0.2) is 0 Å². The minimum Gasteiger partial charge on any atom is -0.396 e. The molecule has 2 fully saturated rings. The third-order valence-electron chi connectivity index (χ3n) is 4.79. The van der Waals surface area contributed by atoms with Crippen LogP contribution in [0, 0.1) is 5.41 Å². The smallest absolute Gasteiger partial charge is 0.236 e. The summed E-state index contributed by atoms with van der Waals surface area (Å²) < 4.78 is 0. The fraction of sp³-hybridized carbons (Fsp3) is 0.867. The molecule has 1 saturated carbocycles. The van der Waals surface area contributed by atoms with Gasteiger partial charge in [-0.1, -0.05) is 32.6 Å². The van der Waals surface area contributed by atoms with Crippen LogP contribution in [0.25, 0.3) is 0 Å². The Kier molecular flexibility index (Phi) is 4.61. The molecule has 1 N–H and O–H groups in total. The van der Waals surface area contributed by atoms with Gasteiger partial charge >= 0.3 is 0 Å². The second kappa shape index (κ2) is 6.04. The van der Waals surface area contributed by atoms with Crippen LogP contribution in [0.1, 0.15) is 64.7 Å². The molecule has 4 heteroatoms. The van der Waals surface area contributed by atoms with Gasteiger partial charge in [0.2, 0.25) is 11.8 Å². The third-order valence-corrected chi connectivity index (χ3v) is 4.79. The van der Waals surface area contributed by atoms with Crippen molar-refractivity contribution in [1.82, 2.24) is 4.90 Å². The van der Waals surface area contributed by atoms with E-state index < -0.39 is 5.41 Å². The monoisotopic (exact) mass is 267 g/mol. The second-order valence-corrected chi connectivity index (χ2v) is 6.01. The first-order chi connectivity index (χ1) is 9.14. The molecular formula is C15H25NO3. The Balaban J connectivity index is 2.19. The van der Waals surface area contributed by atoms with E-state index in [1.54, 1.807) is 0 Å². The first kappa shape index (κ1) is 14.5. The Bertz CT molecular complexity index is 345. The maximum absolute atomic E-state index is 12.7. The van der Waals surface area contributed by atoms with Gasteiger partial charge in [-0.15, -0.1) is 0 Å². The molecule has 2 aliphatic rings. The van der Waals surface area contributed by atoms with Crippen molar-refractivity contribution in [3.05, 3.63) is 0 Å². The van der Waals surface area contributed by atoms with E-state index in [9.17, 15) is 9.59 Å². The topological polar surface area (TPSA) is 57.6 Å². The maximum atomic E-state index is 12.7. The number of aliphatic hydroxyl groups excluding tert-OH is 1. The van der Waals surface area contributed by atoms with Gasteiger partial charge in [-0.2, -0.15) is 0 Å². The van der Waals surface area contributed by atoms with Crippen LogP contribution in [0.2, 0.25) is 0 Å². The minimum atomic E-state index is -0.406. The molecule has 0 radical (unpaired) electrons. The van der Waals surface area contributed by atoms with Crippen LogP contribution >= 0.6 is 0 Å². The first-order valence-corrected chi connectivity index (χ1v) is 7.62. The number of imide groups is 1. The molecule has 108 valence electrons. The fourth-order valence-corrected chi connectivity index (χ4v) is 3.65. The molecule has 0 aromatic heterocycles. The van der Waals surface area contributed by atoms with Gasteiger partial charge in [0.25, 0.3) is 0 Å². The van der Waals surface area contributed by atoms with Crippen LogP contribution < -0.4 is 0 Å². The number of carbonyl (C=O) groups excluding carboxylic acids is 2. The molecule has 1 heterocycles. The molecule has 0 aromatic rings. The molecule has 2 amide bonds. The van der Waals surface area contributed by atoms with Crippen molar-refractivity contribution in [2.45, 2.75) is 70.8 Å². The largest absolute Gasteiger partial charge is 0.396 e. The van der Waals surface area contributed by atoms with Crippen LogP contribution in [0.15, 0.2) is 0 Å². The quantitative estimate of drug-likeness (QED) is 0.795. The van der Waals surface area contributed by atoms with Crippen LogP contribution in [-0.2, 0) is 9.59 Å². The van der Waals surface area contributed by atoms with Gasteiger partial charge in [-0.25, -0.2) is 0 Å². The fourth-order valence-electron chi connectivity index (χ4n) is 3.65. The predicted molar refractivity (Wildman–Crippen MR) is 72.4 cm³/mol. The van der Waals surface area contributed by atoms with Crippen LogP contribution in [0.4, 0.5) is 0 Å². The van der Waals surface area contributed by atoms with Gasteiger partial charge in [0, 0.05) is 19.1 Å². The Morgan fingerprint density at radius 1 is 1.21 bits per heavy atom. The molecular weight excluding hydrogens is 242 g/mol. The lowest BCUT2D eigenvalue weighted by molar-refractivity contribution is -0.144. The lowest BCUT2D eigenvalue weighted by Crippen LogP contribution is -2.42. The molecule has 1 atom stereocenters. The first-order valence-electron chi connectivity index (χ1n) is 7.62. The van der Waals surface area contributed by atoms with Crippen molar-refractivity contribution in [1.29, 1.82) is 0 Å². The summed E-state index contributed by atoms with van der Waals surface area (Å²) in [6, 6.07) is -0.118. The number of aliphatic hydroxyl groups is 1. The van der Waals surface area contributed by atoms with Crippen LogP contribution in [0.3, 0.4) is 0 Å². The average molecular weight is 267 g/mol. The average Bonchev–Trinajstić information content (AvgIpc) is 2.59. The molecule has 1 spiro atoms. The normalized spacial score (nSPS) is 24.8. The van der Waals surface area contributed by atoms with Crippen molar-refractivity contribution in [2.24, 2.45) is 5.41 Å². The molecule has 19 heavy (non-hydrogen) atoms. The number of nitrogens with zero attached hydrogens (tertiary/aromatic N) is 1. The summed E-state index contributed by atoms with van der Waals surface area (Å²) in [7, 11) is 0. The lowest BCUT2D eigenvalue weighted by Gasteiger charge is -2.29. The zero-order valence-electron chi connectivity index (χ0n) is 11.9. The summed E-state index contributed by atoms with van der Waals surface area (Å²) in [4.78, 5) is 26.5. The van der Waals surface area contributed by atoms with Gasteiger partial charge in [0.05, 0.1) is 5.41 Å². The second-order valence-electron chi connectivity index (χ2n) is 6.01. The van der Waals surface area contributed by atoms with E-state index >= 15 is 0 Å². The maximum Gasteiger partial charge on any atom is 0.236 e. The summed E-state index contributed by atoms with van der Waals surface area (Å²) in [5.74, 6) is 0.0203. The molecule has 4 nitrogen and oxygen atoms in total. The Morgan fingerprint density at radius 3 is 2.37 bits per heavy atom. The molecule has 2 rings (SSSR count). The zero-order chi connectivity index (χ0) is 13.9. The Hall–Kier alpha value is -0.900. The highest BCUT2D eigenvalue weighted by molar-refractivity contribution is 6.06. The highest BCUT2D eigenvalue weighted by Crippen LogP contribution is 2.45. The van der Waals surface area contributed by atoms with E-state index in [1.807, 2.05) is 6.92 Å². The SMILES string of the molecule is CCC(CCO)N1C(=O)CC2(CCCCCC2)C1=O. The minimum absolute atomic E-state index is 0.0211. The van der Waals surface area contributed by atoms with Gasteiger partial charge in [0.1, 0.15) is 0 Å². The van der Waals surface area contributed by atoms with Crippen molar-refractivity contribution >= 4 is 11.8 Å². The van der Waals surface area contributed by atoms with E-state index in [-0.39, 0.29) is 24.5 Å². The van der Waals surface area contributed by atoms with Crippen molar-refractivity contribution < 1.29 is 14.7 Å². The number of amides is 2. The Morgan fingerprint density at radius 2 is 1.84 bits per heavy atom. The van der Waals surface area contributed by atoms with E-state index in [0.717, 1.165) is 32.1 Å². The van der Waals surface area contributed by atoms with Crippen molar-refractivity contribution in [2.75, 3.05) is 6.61 Å². The number of hydrogen-bond acceptors (Lipinski definition) is 3. The molecule has 1 saturated heterocycles.